The number of primary amides is 1. The fourth-order valence-corrected chi connectivity index (χ4v) is 5.94. The summed E-state index contributed by atoms with van der Waals surface area (Å²) in [4.78, 5) is 53.7. The molecule has 0 aromatic heterocycles. The number of amides is 4. The normalized spacial score (nSPS) is 27.8. The van der Waals surface area contributed by atoms with Crippen molar-refractivity contribution < 1.29 is 24.5 Å². The van der Waals surface area contributed by atoms with Gasteiger partial charge >= 0.3 is 0 Å². The average Bonchev–Trinajstić information content (AvgIpc) is 3.33. The number of carbonyl (C=O) groups excluding carboxylic acids is 4. The number of hydrogen-bond acceptors (Lipinski definition) is 4. The molecular formula is C23H21Cl2N4O4+. The van der Waals surface area contributed by atoms with Crippen LogP contribution in [0.5, 0.6) is 0 Å². The van der Waals surface area contributed by atoms with Crippen molar-refractivity contribution in [2.75, 3.05) is 5.32 Å². The number of benzene rings is 2. The Morgan fingerprint density at radius 3 is 2.55 bits per heavy atom. The van der Waals surface area contributed by atoms with Crippen LogP contribution in [0, 0.1) is 18.8 Å². The van der Waals surface area contributed by atoms with Crippen LogP contribution in [0.1, 0.15) is 23.1 Å². The number of carbonyl (C=O) groups is 4. The van der Waals surface area contributed by atoms with Gasteiger partial charge in [0.05, 0.1) is 18.7 Å². The highest BCUT2D eigenvalue weighted by atomic mass is 35.5. The summed E-state index contributed by atoms with van der Waals surface area (Å²) in [5, 5.41) is 5.44. The second kappa shape index (κ2) is 7.55. The van der Waals surface area contributed by atoms with E-state index in [-0.39, 0.29) is 13.0 Å². The van der Waals surface area contributed by atoms with Gasteiger partial charge in [-0.15, -0.1) is 0 Å². The summed E-state index contributed by atoms with van der Waals surface area (Å²) in [6.45, 7) is 1.76. The number of likely N-dealkylation sites (tertiary alicyclic amines) is 1. The molecule has 1 spiro atoms. The van der Waals surface area contributed by atoms with Gasteiger partial charge in [0, 0.05) is 15.6 Å². The van der Waals surface area contributed by atoms with Crippen molar-refractivity contribution in [2.45, 2.75) is 31.5 Å². The Morgan fingerprint density at radius 1 is 1.12 bits per heavy atom. The molecule has 3 aliphatic rings. The number of rotatable bonds is 4. The SMILES string of the molecule is Cc1c(Cl)ccc2c1NC(=O)[C@@]21[NH2+][C@H](CC(N)=O)[C@H]2C(=O)N(Cc3ccccc3Cl)C(=O)[C@H]21. The Morgan fingerprint density at radius 2 is 1.85 bits per heavy atom. The summed E-state index contributed by atoms with van der Waals surface area (Å²) in [6, 6.07) is 9.67. The lowest BCUT2D eigenvalue weighted by Gasteiger charge is -2.26. The Labute approximate surface area is 199 Å². The molecule has 0 unspecified atom stereocenters. The Kier molecular flexibility index (Phi) is 5.00. The van der Waals surface area contributed by atoms with E-state index in [0.29, 0.717) is 32.4 Å². The standard InChI is InChI=1S/C23H20Cl2N4O4/c1-10-13(24)7-6-12-19(10)27-22(33)23(12)18-17(15(28-23)8-16(26)30)20(31)29(21(18)32)9-11-4-2-3-5-14(11)25/h2-7,15,17-18,28H,8-9H2,1H3,(H2,26,30)(H,27,33)/p+1/t15-,17-,18+,23-/m1/s1. The van der Waals surface area contributed by atoms with Crippen molar-refractivity contribution in [1.82, 2.24) is 4.90 Å². The maximum absolute atomic E-state index is 13.7. The summed E-state index contributed by atoms with van der Waals surface area (Å²) < 4.78 is 0. The number of nitrogens with zero attached hydrogens (tertiary/aromatic N) is 1. The van der Waals surface area contributed by atoms with Crippen LogP contribution in [0.4, 0.5) is 5.69 Å². The van der Waals surface area contributed by atoms with Gasteiger partial charge in [-0.25, -0.2) is 0 Å². The number of imide groups is 1. The zero-order valence-corrected chi connectivity index (χ0v) is 19.1. The van der Waals surface area contributed by atoms with Gasteiger partial charge in [0.1, 0.15) is 17.9 Å². The molecule has 4 atom stereocenters. The van der Waals surface area contributed by atoms with Gasteiger partial charge in [-0.05, 0) is 36.2 Å². The van der Waals surface area contributed by atoms with Crippen LogP contribution in [0.3, 0.4) is 0 Å². The first-order valence-electron chi connectivity index (χ1n) is 10.5. The van der Waals surface area contributed by atoms with Crippen LogP contribution in [0.2, 0.25) is 10.0 Å². The molecule has 5 rings (SSSR count). The molecule has 0 radical (unpaired) electrons. The minimum atomic E-state index is -1.39. The van der Waals surface area contributed by atoms with E-state index in [0.717, 1.165) is 4.90 Å². The van der Waals surface area contributed by atoms with Crippen LogP contribution in [0.15, 0.2) is 36.4 Å². The van der Waals surface area contributed by atoms with Crippen molar-refractivity contribution in [3.05, 3.63) is 63.1 Å². The van der Waals surface area contributed by atoms with Crippen molar-refractivity contribution in [3.63, 3.8) is 0 Å². The van der Waals surface area contributed by atoms with Gasteiger partial charge in [0.25, 0.3) is 5.91 Å². The van der Waals surface area contributed by atoms with E-state index in [1.54, 1.807) is 48.6 Å². The molecule has 3 aliphatic heterocycles. The average molecular weight is 488 g/mol. The molecule has 2 aromatic rings. The molecule has 0 bridgehead atoms. The maximum Gasteiger partial charge on any atom is 0.291 e. The molecule has 33 heavy (non-hydrogen) atoms. The van der Waals surface area contributed by atoms with E-state index in [2.05, 4.69) is 5.32 Å². The highest BCUT2D eigenvalue weighted by molar-refractivity contribution is 6.32. The molecular weight excluding hydrogens is 467 g/mol. The second-order valence-corrected chi connectivity index (χ2v) is 9.59. The molecule has 3 heterocycles. The van der Waals surface area contributed by atoms with Crippen molar-refractivity contribution in [3.8, 4) is 0 Å². The fraction of sp³-hybridized carbons (Fsp3) is 0.304. The number of anilines is 1. The van der Waals surface area contributed by atoms with Crippen molar-refractivity contribution in [1.29, 1.82) is 0 Å². The lowest BCUT2D eigenvalue weighted by molar-refractivity contribution is -0.732. The third-order valence-corrected chi connectivity index (χ3v) is 7.83. The van der Waals surface area contributed by atoms with E-state index in [4.69, 9.17) is 28.9 Å². The smallest absolute Gasteiger partial charge is 0.291 e. The molecule has 8 nitrogen and oxygen atoms in total. The molecule has 0 aliphatic carbocycles. The molecule has 2 saturated heterocycles. The van der Waals surface area contributed by atoms with Crippen LogP contribution in [0.25, 0.3) is 0 Å². The first kappa shape index (κ1) is 21.9. The zero-order chi connectivity index (χ0) is 23.7. The quantitative estimate of drug-likeness (QED) is 0.557. The van der Waals surface area contributed by atoms with Gasteiger partial charge in [0.2, 0.25) is 23.3 Å². The second-order valence-electron chi connectivity index (χ2n) is 8.78. The predicted octanol–water partition coefficient (Wildman–Crippen LogP) is 1.07. The van der Waals surface area contributed by atoms with Crippen LogP contribution in [-0.2, 0) is 31.3 Å². The molecule has 5 N–H and O–H groups in total. The largest absolute Gasteiger partial charge is 0.369 e. The summed E-state index contributed by atoms with van der Waals surface area (Å²) in [5.41, 5.74) is 6.48. The first-order chi connectivity index (χ1) is 15.7. The van der Waals surface area contributed by atoms with E-state index in [1.165, 1.54) is 0 Å². The highest BCUT2D eigenvalue weighted by Gasteiger charge is 2.74. The van der Waals surface area contributed by atoms with E-state index < -0.39 is 47.0 Å². The lowest BCUT2D eigenvalue weighted by atomic mass is 9.76. The number of halogens is 2. The van der Waals surface area contributed by atoms with Gasteiger partial charge in [0.15, 0.2) is 0 Å². The number of hydrogen-bond donors (Lipinski definition) is 3. The van der Waals surface area contributed by atoms with Crippen LogP contribution >= 0.6 is 23.2 Å². The third kappa shape index (κ3) is 3.01. The summed E-state index contributed by atoms with van der Waals surface area (Å²) in [5.74, 6) is -3.79. The molecule has 10 heteroatoms. The van der Waals surface area contributed by atoms with Gasteiger partial charge < -0.3 is 16.4 Å². The Hall–Kier alpha value is -2.94. The molecule has 2 aromatic carbocycles. The van der Waals surface area contributed by atoms with E-state index in [1.807, 2.05) is 0 Å². The fourth-order valence-electron chi connectivity index (χ4n) is 5.58. The minimum absolute atomic E-state index is 0.0160. The minimum Gasteiger partial charge on any atom is -0.369 e. The lowest BCUT2D eigenvalue weighted by Crippen LogP contribution is -2.99. The number of quaternary nitrogens is 1. The van der Waals surface area contributed by atoms with Crippen LogP contribution in [-0.4, -0.2) is 34.6 Å². The van der Waals surface area contributed by atoms with E-state index in [9.17, 15) is 19.2 Å². The Bertz CT molecular complexity index is 1250. The van der Waals surface area contributed by atoms with Crippen molar-refractivity contribution in [2.24, 2.45) is 17.6 Å². The molecule has 4 amide bonds. The molecule has 170 valence electrons. The summed E-state index contributed by atoms with van der Waals surface area (Å²) >= 11 is 12.5. The highest BCUT2D eigenvalue weighted by Crippen LogP contribution is 2.51. The molecule has 0 saturated carbocycles. The van der Waals surface area contributed by atoms with Crippen molar-refractivity contribution >= 4 is 52.5 Å². The first-order valence-corrected chi connectivity index (χ1v) is 11.3. The number of nitrogens with one attached hydrogen (secondary N) is 1. The zero-order valence-electron chi connectivity index (χ0n) is 17.6. The molecule has 2 fully saturated rings. The predicted molar refractivity (Wildman–Crippen MR) is 120 cm³/mol. The summed E-state index contributed by atoms with van der Waals surface area (Å²) in [7, 11) is 0. The maximum atomic E-state index is 13.7. The van der Waals surface area contributed by atoms with Crippen LogP contribution < -0.4 is 16.4 Å². The monoisotopic (exact) mass is 487 g/mol. The topological polar surface area (TPSA) is 126 Å². The number of nitrogens with two attached hydrogens (primary N) is 2. The van der Waals surface area contributed by atoms with Gasteiger partial charge in [-0.1, -0.05) is 41.4 Å². The third-order valence-electron chi connectivity index (χ3n) is 7.05. The summed E-state index contributed by atoms with van der Waals surface area (Å²) in [6.07, 6.45) is -0.142. The number of fused-ring (bicyclic) bond motifs is 4. The van der Waals surface area contributed by atoms with Gasteiger partial charge in [-0.3, -0.25) is 24.1 Å². The van der Waals surface area contributed by atoms with E-state index >= 15 is 0 Å². The Balaban J connectivity index is 1.63. The van der Waals surface area contributed by atoms with Gasteiger partial charge in [-0.2, -0.15) is 0 Å².